The molecule has 0 aromatic carbocycles. The maximum Gasteiger partial charge on any atom is 0.147 e. The molecular weight excluding hydrogens is 250 g/mol. The van der Waals surface area contributed by atoms with Crippen LogP contribution in [0.4, 0.5) is 0 Å². The van der Waals surface area contributed by atoms with E-state index in [1.54, 1.807) is 6.33 Å². The highest BCUT2D eigenvalue weighted by molar-refractivity contribution is 7.90. The van der Waals surface area contributed by atoms with E-state index < -0.39 is 9.84 Å². The Hall–Kier alpha value is -0.880. The molecule has 18 heavy (non-hydrogen) atoms. The van der Waals surface area contributed by atoms with Crippen LogP contribution >= 0.6 is 0 Å². The lowest BCUT2D eigenvalue weighted by Crippen LogP contribution is -2.19. The summed E-state index contributed by atoms with van der Waals surface area (Å²) in [6.07, 6.45) is 5.63. The van der Waals surface area contributed by atoms with Crippen molar-refractivity contribution in [1.82, 2.24) is 14.9 Å². The van der Waals surface area contributed by atoms with Crippen molar-refractivity contribution < 1.29 is 8.42 Å². The van der Waals surface area contributed by atoms with Crippen molar-refractivity contribution in [2.45, 2.75) is 33.4 Å². The number of aryl methyl sites for hydroxylation is 1. The van der Waals surface area contributed by atoms with E-state index in [0.717, 1.165) is 18.8 Å². The Kier molecular flexibility index (Phi) is 5.81. The summed E-state index contributed by atoms with van der Waals surface area (Å²) in [4.78, 5) is 4.28. The minimum absolute atomic E-state index is 0.228. The summed E-state index contributed by atoms with van der Waals surface area (Å²) < 4.78 is 23.9. The zero-order valence-corrected chi connectivity index (χ0v) is 12.2. The van der Waals surface area contributed by atoms with Gasteiger partial charge in [0.15, 0.2) is 0 Å². The zero-order valence-electron chi connectivity index (χ0n) is 11.4. The molecule has 0 saturated heterocycles. The van der Waals surface area contributed by atoms with Gasteiger partial charge in [-0.1, -0.05) is 13.8 Å². The van der Waals surface area contributed by atoms with Crippen LogP contribution in [-0.4, -0.2) is 36.5 Å². The van der Waals surface area contributed by atoms with Gasteiger partial charge >= 0.3 is 0 Å². The van der Waals surface area contributed by atoms with Crippen molar-refractivity contribution in [3.8, 4) is 0 Å². The molecule has 0 unspecified atom stereocenters. The quantitative estimate of drug-likeness (QED) is 0.769. The van der Waals surface area contributed by atoms with Crippen molar-refractivity contribution in [3.05, 3.63) is 18.2 Å². The highest BCUT2D eigenvalue weighted by Crippen LogP contribution is 1.99. The topological polar surface area (TPSA) is 64.0 Å². The standard InChI is InChI=1S/C12H23N3O2S/c1-11(2)7-13-8-12-9-15(10-14-12)5-4-6-18(3,16)17/h9-11,13H,4-8H2,1-3H3. The molecule has 5 nitrogen and oxygen atoms in total. The number of nitrogens with zero attached hydrogens (tertiary/aromatic N) is 2. The molecule has 1 rings (SSSR count). The van der Waals surface area contributed by atoms with Crippen LogP contribution in [0.2, 0.25) is 0 Å². The lowest BCUT2D eigenvalue weighted by Gasteiger charge is -2.05. The first-order chi connectivity index (χ1) is 8.37. The highest BCUT2D eigenvalue weighted by atomic mass is 32.2. The lowest BCUT2D eigenvalue weighted by molar-refractivity contribution is 0.548. The Morgan fingerprint density at radius 2 is 2.17 bits per heavy atom. The van der Waals surface area contributed by atoms with Crippen LogP contribution < -0.4 is 5.32 Å². The van der Waals surface area contributed by atoms with Crippen molar-refractivity contribution in [3.63, 3.8) is 0 Å². The van der Waals surface area contributed by atoms with Gasteiger partial charge in [0.1, 0.15) is 9.84 Å². The monoisotopic (exact) mass is 273 g/mol. The van der Waals surface area contributed by atoms with Crippen LogP contribution in [0, 0.1) is 5.92 Å². The molecule has 0 bridgehead atoms. The molecule has 0 saturated carbocycles. The first-order valence-electron chi connectivity index (χ1n) is 6.26. The van der Waals surface area contributed by atoms with Crippen molar-refractivity contribution in [2.75, 3.05) is 18.6 Å². The number of hydrogen-bond donors (Lipinski definition) is 1. The van der Waals surface area contributed by atoms with Crippen LogP contribution in [0.25, 0.3) is 0 Å². The fraction of sp³-hybridized carbons (Fsp3) is 0.750. The van der Waals surface area contributed by atoms with Gasteiger partial charge in [-0.15, -0.1) is 0 Å². The van der Waals surface area contributed by atoms with Gasteiger partial charge in [-0.25, -0.2) is 13.4 Å². The number of imidazole rings is 1. The smallest absolute Gasteiger partial charge is 0.147 e. The molecule has 0 aliphatic carbocycles. The minimum Gasteiger partial charge on any atom is -0.337 e. The molecule has 1 N–H and O–H groups in total. The average Bonchev–Trinajstić information content (AvgIpc) is 2.63. The van der Waals surface area contributed by atoms with E-state index in [1.165, 1.54) is 6.26 Å². The number of sulfone groups is 1. The first-order valence-corrected chi connectivity index (χ1v) is 8.32. The van der Waals surface area contributed by atoms with Crippen LogP contribution in [-0.2, 0) is 22.9 Å². The van der Waals surface area contributed by atoms with Gasteiger partial charge in [-0.3, -0.25) is 0 Å². The average molecular weight is 273 g/mol. The second-order valence-corrected chi connectivity index (χ2v) is 7.37. The summed E-state index contributed by atoms with van der Waals surface area (Å²) in [5.41, 5.74) is 0.995. The number of hydrogen-bond acceptors (Lipinski definition) is 4. The van der Waals surface area contributed by atoms with E-state index in [2.05, 4.69) is 24.1 Å². The molecule has 1 aromatic heterocycles. The van der Waals surface area contributed by atoms with Crippen LogP contribution in [0.15, 0.2) is 12.5 Å². The Bertz CT molecular complexity index is 452. The third-order valence-electron chi connectivity index (χ3n) is 2.48. The van der Waals surface area contributed by atoms with Gasteiger partial charge in [0.25, 0.3) is 0 Å². The highest BCUT2D eigenvalue weighted by Gasteiger charge is 2.03. The van der Waals surface area contributed by atoms with Gasteiger partial charge in [0.05, 0.1) is 17.8 Å². The van der Waals surface area contributed by atoms with Gasteiger partial charge in [-0.05, 0) is 18.9 Å². The van der Waals surface area contributed by atoms with E-state index >= 15 is 0 Å². The Morgan fingerprint density at radius 1 is 1.44 bits per heavy atom. The Morgan fingerprint density at radius 3 is 2.78 bits per heavy atom. The molecule has 0 aliphatic rings. The van der Waals surface area contributed by atoms with Crippen LogP contribution in [0.1, 0.15) is 26.0 Å². The molecular formula is C12H23N3O2S. The summed E-state index contributed by atoms with van der Waals surface area (Å²) in [5, 5.41) is 3.32. The van der Waals surface area contributed by atoms with E-state index in [9.17, 15) is 8.42 Å². The second-order valence-electron chi connectivity index (χ2n) is 5.11. The largest absolute Gasteiger partial charge is 0.337 e. The third-order valence-corrected chi connectivity index (χ3v) is 3.51. The molecule has 1 aromatic rings. The predicted octanol–water partition coefficient (Wildman–Crippen LogP) is 1.06. The minimum atomic E-state index is -2.86. The van der Waals surface area contributed by atoms with Crippen molar-refractivity contribution in [2.24, 2.45) is 5.92 Å². The Balaban J connectivity index is 2.30. The van der Waals surface area contributed by atoms with Gasteiger partial charge in [0.2, 0.25) is 0 Å². The molecule has 0 atom stereocenters. The lowest BCUT2D eigenvalue weighted by atomic mass is 10.2. The number of nitrogens with one attached hydrogen (secondary N) is 1. The van der Waals surface area contributed by atoms with Crippen molar-refractivity contribution in [1.29, 1.82) is 0 Å². The zero-order chi connectivity index (χ0) is 13.6. The Labute approximate surface area is 110 Å². The number of rotatable bonds is 8. The third kappa shape index (κ3) is 6.76. The van der Waals surface area contributed by atoms with E-state index in [4.69, 9.17) is 0 Å². The maximum absolute atomic E-state index is 11.0. The van der Waals surface area contributed by atoms with E-state index in [0.29, 0.717) is 18.9 Å². The molecule has 0 amide bonds. The summed E-state index contributed by atoms with van der Waals surface area (Å²) in [7, 11) is -2.86. The first kappa shape index (κ1) is 15.2. The summed E-state index contributed by atoms with van der Waals surface area (Å²) in [5.74, 6) is 0.855. The summed E-state index contributed by atoms with van der Waals surface area (Å²) in [6.45, 7) is 6.76. The van der Waals surface area contributed by atoms with Gasteiger partial charge in [-0.2, -0.15) is 0 Å². The normalized spacial score (nSPS) is 12.2. The molecule has 1 heterocycles. The fourth-order valence-corrected chi connectivity index (χ4v) is 2.27. The fourth-order valence-electron chi connectivity index (χ4n) is 1.62. The second kappa shape index (κ2) is 6.89. The summed E-state index contributed by atoms with van der Waals surface area (Å²) >= 11 is 0. The van der Waals surface area contributed by atoms with E-state index in [1.807, 2.05) is 10.8 Å². The predicted molar refractivity (Wildman–Crippen MR) is 73.1 cm³/mol. The van der Waals surface area contributed by atoms with Gasteiger partial charge < -0.3 is 9.88 Å². The maximum atomic E-state index is 11.0. The van der Waals surface area contributed by atoms with Crippen LogP contribution in [0.5, 0.6) is 0 Å². The summed E-state index contributed by atoms with van der Waals surface area (Å²) in [6, 6.07) is 0. The SMILES string of the molecule is CC(C)CNCc1cn(CCCS(C)(=O)=O)cn1. The molecule has 104 valence electrons. The molecule has 0 radical (unpaired) electrons. The van der Waals surface area contributed by atoms with Crippen molar-refractivity contribution >= 4 is 9.84 Å². The molecule has 0 fully saturated rings. The van der Waals surface area contributed by atoms with E-state index in [-0.39, 0.29) is 5.75 Å². The van der Waals surface area contributed by atoms with Gasteiger partial charge in [0, 0.05) is 25.5 Å². The molecule has 0 spiro atoms. The molecule has 0 aliphatic heterocycles. The number of aromatic nitrogens is 2. The molecule has 6 heteroatoms. The van der Waals surface area contributed by atoms with Crippen LogP contribution in [0.3, 0.4) is 0 Å².